The molecule has 124 valence electrons. The van der Waals surface area contributed by atoms with Crippen molar-refractivity contribution < 1.29 is 9.53 Å². The highest BCUT2D eigenvalue weighted by molar-refractivity contribution is 5.81. The Balaban J connectivity index is 2.30. The van der Waals surface area contributed by atoms with Crippen molar-refractivity contribution in [1.82, 2.24) is 10.2 Å². The zero-order valence-corrected chi connectivity index (χ0v) is 13.9. The van der Waals surface area contributed by atoms with E-state index in [2.05, 4.69) is 24.1 Å². The number of likely N-dealkylation sites (tertiary alicyclic amines) is 1. The maximum absolute atomic E-state index is 12.3. The van der Waals surface area contributed by atoms with Gasteiger partial charge in [-0.15, -0.1) is 0 Å². The van der Waals surface area contributed by atoms with Gasteiger partial charge < -0.3 is 15.8 Å². The number of carbonyl (C=O) groups excluding carboxylic acids is 1. The third-order valence-corrected chi connectivity index (χ3v) is 4.44. The Kier molecular flexibility index (Phi) is 8.88. The van der Waals surface area contributed by atoms with Crippen LogP contribution < -0.4 is 11.1 Å². The van der Waals surface area contributed by atoms with Crippen LogP contribution in [0.1, 0.15) is 52.9 Å². The number of nitrogens with two attached hydrogens (primary N) is 1. The molecule has 1 amide bonds. The molecule has 0 aromatic rings. The zero-order valence-electron chi connectivity index (χ0n) is 13.9. The Bertz CT molecular complexity index is 287. The van der Waals surface area contributed by atoms with Gasteiger partial charge in [0.2, 0.25) is 5.91 Å². The minimum atomic E-state index is -0.0457. The number of ether oxygens (including phenoxy) is 1. The second-order valence-corrected chi connectivity index (χ2v) is 5.95. The van der Waals surface area contributed by atoms with E-state index in [1.807, 2.05) is 6.92 Å². The second-order valence-electron chi connectivity index (χ2n) is 5.95. The van der Waals surface area contributed by atoms with Gasteiger partial charge in [-0.3, -0.25) is 9.69 Å². The summed E-state index contributed by atoms with van der Waals surface area (Å²) in [5.74, 6) is 0.159. The third-order valence-electron chi connectivity index (χ3n) is 4.44. The van der Waals surface area contributed by atoms with Gasteiger partial charge in [-0.1, -0.05) is 13.8 Å². The van der Waals surface area contributed by atoms with E-state index in [1.54, 1.807) is 0 Å². The van der Waals surface area contributed by atoms with E-state index in [0.717, 1.165) is 51.8 Å². The van der Waals surface area contributed by atoms with Gasteiger partial charge in [-0.2, -0.15) is 0 Å². The Labute approximate surface area is 129 Å². The Morgan fingerprint density at radius 2 is 1.95 bits per heavy atom. The number of carbonyl (C=O) groups is 1. The molecule has 1 atom stereocenters. The lowest BCUT2D eigenvalue weighted by Crippen LogP contribution is -2.51. The molecule has 5 nitrogen and oxygen atoms in total. The van der Waals surface area contributed by atoms with Gasteiger partial charge in [0.1, 0.15) is 0 Å². The summed E-state index contributed by atoms with van der Waals surface area (Å²) < 4.78 is 5.80. The summed E-state index contributed by atoms with van der Waals surface area (Å²) in [4.78, 5) is 14.5. The summed E-state index contributed by atoms with van der Waals surface area (Å²) in [6, 6.07) is 0.257. The highest BCUT2D eigenvalue weighted by atomic mass is 16.5. The first-order valence-electron chi connectivity index (χ1n) is 8.48. The summed E-state index contributed by atoms with van der Waals surface area (Å²) in [5, 5.41) is 3.14. The van der Waals surface area contributed by atoms with E-state index < -0.39 is 0 Å². The Morgan fingerprint density at radius 3 is 2.48 bits per heavy atom. The number of hydrogen-bond acceptors (Lipinski definition) is 4. The fourth-order valence-electron chi connectivity index (χ4n) is 2.74. The number of amides is 1. The summed E-state index contributed by atoms with van der Waals surface area (Å²) in [6.45, 7) is 9.55. The van der Waals surface area contributed by atoms with Crippen LogP contribution in [0.15, 0.2) is 0 Å². The summed E-state index contributed by atoms with van der Waals surface area (Å²) in [6.07, 6.45) is 5.26. The lowest BCUT2D eigenvalue weighted by atomic mass is 10.0. The van der Waals surface area contributed by atoms with Gasteiger partial charge in [0, 0.05) is 25.7 Å². The van der Waals surface area contributed by atoms with Gasteiger partial charge in [0.25, 0.3) is 0 Å². The molecule has 0 bridgehead atoms. The molecule has 21 heavy (non-hydrogen) atoms. The van der Waals surface area contributed by atoms with Crippen LogP contribution in [0.2, 0.25) is 0 Å². The molecule has 1 rings (SSSR count). The van der Waals surface area contributed by atoms with Crippen molar-refractivity contribution in [3.8, 4) is 0 Å². The molecule has 0 aliphatic carbocycles. The molecular weight excluding hydrogens is 266 g/mol. The monoisotopic (exact) mass is 299 g/mol. The molecule has 0 saturated carbocycles. The summed E-state index contributed by atoms with van der Waals surface area (Å²) >= 11 is 0. The normalized spacial score (nSPS) is 18.9. The molecule has 3 N–H and O–H groups in total. The zero-order chi connectivity index (χ0) is 15.7. The number of nitrogens with zero attached hydrogens (tertiary/aromatic N) is 1. The molecule has 0 aromatic heterocycles. The first-order valence-corrected chi connectivity index (χ1v) is 8.48. The molecular formula is C16H33N3O2. The minimum absolute atomic E-state index is 0.0457. The van der Waals surface area contributed by atoms with Crippen molar-refractivity contribution in [2.45, 2.75) is 71.1 Å². The van der Waals surface area contributed by atoms with Crippen LogP contribution in [-0.2, 0) is 9.53 Å². The molecule has 0 radical (unpaired) electrons. The first-order chi connectivity index (χ1) is 10.1. The van der Waals surface area contributed by atoms with Crippen LogP contribution >= 0.6 is 0 Å². The van der Waals surface area contributed by atoms with Gasteiger partial charge in [0.15, 0.2) is 0 Å². The molecule has 1 unspecified atom stereocenters. The van der Waals surface area contributed by atoms with E-state index in [0.29, 0.717) is 18.7 Å². The molecule has 1 fully saturated rings. The molecule has 0 aromatic carbocycles. The van der Waals surface area contributed by atoms with E-state index >= 15 is 0 Å². The quantitative estimate of drug-likeness (QED) is 0.633. The van der Waals surface area contributed by atoms with Crippen LogP contribution in [0.5, 0.6) is 0 Å². The highest BCUT2D eigenvalue weighted by Crippen LogP contribution is 2.16. The number of rotatable bonds is 9. The average Bonchev–Trinajstić information content (AvgIpc) is 2.52. The number of hydrogen-bond donors (Lipinski definition) is 2. The maximum Gasteiger partial charge on any atom is 0.237 e. The largest absolute Gasteiger partial charge is 0.378 e. The van der Waals surface area contributed by atoms with Crippen molar-refractivity contribution in [1.29, 1.82) is 0 Å². The lowest BCUT2D eigenvalue weighted by Gasteiger charge is -2.35. The van der Waals surface area contributed by atoms with Crippen LogP contribution in [-0.4, -0.2) is 55.2 Å². The van der Waals surface area contributed by atoms with Crippen molar-refractivity contribution in [3.63, 3.8) is 0 Å². The average molecular weight is 299 g/mol. The van der Waals surface area contributed by atoms with Crippen molar-refractivity contribution in [2.75, 3.05) is 26.2 Å². The van der Waals surface area contributed by atoms with Crippen molar-refractivity contribution in [3.05, 3.63) is 0 Å². The molecule has 1 heterocycles. The summed E-state index contributed by atoms with van der Waals surface area (Å²) in [7, 11) is 0. The summed E-state index contributed by atoms with van der Waals surface area (Å²) in [5.41, 5.74) is 5.47. The molecule has 1 aliphatic heterocycles. The van der Waals surface area contributed by atoms with E-state index in [1.165, 1.54) is 0 Å². The molecule has 0 spiro atoms. The molecule has 5 heteroatoms. The predicted octanol–water partition coefficient (Wildman–Crippen LogP) is 1.51. The van der Waals surface area contributed by atoms with E-state index in [4.69, 9.17) is 10.5 Å². The lowest BCUT2D eigenvalue weighted by molar-refractivity contribution is -0.127. The topological polar surface area (TPSA) is 67.6 Å². The highest BCUT2D eigenvalue weighted by Gasteiger charge is 2.27. The maximum atomic E-state index is 12.3. The number of nitrogens with one attached hydrogen (secondary N) is 1. The van der Waals surface area contributed by atoms with Crippen molar-refractivity contribution >= 4 is 5.91 Å². The smallest absolute Gasteiger partial charge is 0.237 e. The molecule has 1 saturated heterocycles. The van der Waals surface area contributed by atoms with Gasteiger partial charge in [-0.25, -0.2) is 0 Å². The van der Waals surface area contributed by atoms with Crippen molar-refractivity contribution in [2.24, 2.45) is 5.73 Å². The van der Waals surface area contributed by atoms with Gasteiger partial charge in [-0.05, 0) is 45.6 Å². The second kappa shape index (κ2) is 10.1. The van der Waals surface area contributed by atoms with Crippen LogP contribution in [0, 0.1) is 0 Å². The van der Waals surface area contributed by atoms with Gasteiger partial charge >= 0.3 is 0 Å². The first kappa shape index (κ1) is 18.4. The third kappa shape index (κ3) is 6.32. The van der Waals surface area contributed by atoms with Crippen LogP contribution in [0.25, 0.3) is 0 Å². The predicted molar refractivity (Wildman–Crippen MR) is 86.2 cm³/mol. The van der Waals surface area contributed by atoms with Gasteiger partial charge in [0.05, 0.1) is 12.1 Å². The minimum Gasteiger partial charge on any atom is -0.378 e. The fourth-order valence-corrected chi connectivity index (χ4v) is 2.74. The number of piperidine rings is 1. The fraction of sp³-hybridized carbons (Fsp3) is 0.938. The van der Waals surface area contributed by atoms with Crippen LogP contribution in [0.3, 0.4) is 0 Å². The molecule has 1 aliphatic rings. The Hall–Kier alpha value is -0.650. The standard InChI is InChI=1S/C16H33N3O2/c1-4-14(5-2)18-16(20)13(3)19-10-7-15(8-11-19)21-12-6-9-17/h13-15H,4-12,17H2,1-3H3,(H,18,20). The van der Waals surface area contributed by atoms with E-state index in [9.17, 15) is 4.79 Å². The van der Waals surface area contributed by atoms with Crippen LogP contribution in [0.4, 0.5) is 0 Å². The van der Waals surface area contributed by atoms with E-state index in [-0.39, 0.29) is 11.9 Å². The SMILES string of the molecule is CCC(CC)NC(=O)C(C)N1CCC(OCCCN)CC1. The Morgan fingerprint density at radius 1 is 1.33 bits per heavy atom.